The first-order chi connectivity index (χ1) is 13.1. The molecule has 0 fully saturated rings. The number of nitrogens with zero attached hydrogens (tertiary/aromatic N) is 2. The van der Waals surface area contributed by atoms with Crippen molar-refractivity contribution in [3.05, 3.63) is 73.1 Å². The molecular formula is C17H11F3N2O5PdS. The normalized spacial score (nSPS) is 10.8. The minimum atomic E-state index is -6.09. The van der Waals surface area contributed by atoms with E-state index in [4.69, 9.17) is 22.4 Å². The van der Waals surface area contributed by atoms with Gasteiger partial charge in [-0.15, -0.1) is 12.1 Å². The van der Waals surface area contributed by atoms with Gasteiger partial charge in [-0.25, -0.2) is 18.4 Å². The van der Waals surface area contributed by atoms with Gasteiger partial charge in [0.25, 0.3) is 0 Å². The first-order valence-corrected chi connectivity index (χ1v) is 8.78. The Labute approximate surface area is 177 Å². The van der Waals surface area contributed by atoms with Crippen molar-refractivity contribution < 1.29 is 56.0 Å². The zero-order valence-electron chi connectivity index (χ0n) is 14.1. The number of ether oxygens (including phenoxy) is 2. The minimum Gasteiger partial charge on any atom is -0.741 e. The van der Waals surface area contributed by atoms with E-state index in [0.29, 0.717) is 23.3 Å². The van der Waals surface area contributed by atoms with Crippen molar-refractivity contribution in [2.45, 2.75) is 5.51 Å². The van der Waals surface area contributed by atoms with Crippen LogP contribution < -0.4 is 9.47 Å². The van der Waals surface area contributed by atoms with Gasteiger partial charge in [-0.3, -0.25) is 0 Å². The maximum Gasteiger partial charge on any atom is 2.00 e. The zero-order valence-corrected chi connectivity index (χ0v) is 16.5. The molecule has 2 heterocycles. The number of rotatable bonds is 4. The number of pyridine rings is 2. The van der Waals surface area contributed by atoms with Gasteiger partial charge in [-0.1, -0.05) is 18.2 Å². The summed E-state index contributed by atoms with van der Waals surface area (Å²) >= 11 is 0. The molecule has 3 rings (SSSR count). The molecule has 0 aliphatic heterocycles. The van der Waals surface area contributed by atoms with E-state index in [1.807, 2.05) is 30.3 Å². The fraction of sp³-hybridized carbons (Fsp3) is 0.0588. The SMILES string of the molecule is O=S(=O)([O-])C(F)(F)F.[Pd+2].[c-]1c(Oc2ccccn2)cccc1Oc1ccccn1. The number of hydrogen-bond acceptors (Lipinski definition) is 7. The van der Waals surface area contributed by atoms with Crippen LogP contribution in [0.15, 0.2) is 67.0 Å². The maximum atomic E-state index is 10.7. The Morgan fingerprint density at radius 1 is 0.828 bits per heavy atom. The predicted molar refractivity (Wildman–Crippen MR) is 89.7 cm³/mol. The monoisotopic (exact) mass is 518 g/mol. The second-order valence-electron chi connectivity index (χ2n) is 4.82. The van der Waals surface area contributed by atoms with Gasteiger partial charge < -0.3 is 14.0 Å². The topological polar surface area (TPSA) is 101 Å². The van der Waals surface area contributed by atoms with Gasteiger partial charge >= 0.3 is 25.9 Å². The molecule has 0 radical (unpaired) electrons. The molecule has 0 aliphatic carbocycles. The van der Waals surface area contributed by atoms with Crippen molar-refractivity contribution in [3.8, 4) is 23.3 Å². The first-order valence-electron chi connectivity index (χ1n) is 7.37. The molecule has 0 bridgehead atoms. The average molecular weight is 519 g/mol. The Morgan fingerprint density at radius 3 is 1.55 bits per heavy atom. The quantitative estimate of drug-likeness (QED) is 0.223. The molecule has 0 unspecified atom stereocenters. The molecule has 0 saturated heterocycles. The van der Waals surface area contributed by atoms with E-state index in [2.05, 4.69) is 16.0 Å². The van der Waals surface area contributed by atoms with Crippen molar-refractivity contribution in [1.29, 1.82) is 0 Å². The summed E-state index contributed by atoms with van der Waals surface area (Å²) in [6.07, 6.45) is 3.34. The van der Waals surface area contributed by atoms with Crippen molar-refractivity contribution in [3.63, 3.8) is 0 Å². The van der Waals surface area contributed by atoms with E-state index >= 15 is 0 Å². The molecule has 0 amide bonds. The standard InChI is InChI=1S/C16H11N2O2.CHF3O3S.Pd/c1-3-10-17-15(8-1)19-13-6-5-7-14(12-13)20-16-9-2-4-11-18-16;2-1(3,4)8(5,6)7;/h1-11H;(H,5,6,7);/q-1;;+2/p-1. The summed E-state index contributed by atoms with van der Waals surface area (Å²) in [4.78, 5) is 8.18. The summed E-state index contributed by atoms with van der Waals surface area (Å²) in [5, 5.41) is 0. The molecule has 7 nitrogen and oxygen atoms in total. The molecule has 0 atom stereocenters. The number of hydrogen-bond donors (Lipinski definition) is 0. The fourth-order valence-electron chi connectivity index (χ4n) is 1.59. The van der Waals surface area contributed by atoms with Gasteiger partial charge in [0.05, 0.1) is 0 Å². The van der Waals surface area contributed by atoms with E-state index in [1.54, 1.807) is 36.7 Å². The Balaban J connectivity index is 0.000000403. The van der Waals surface area contributed by atoms with E-state index in [1.165, 1.54) is 0 Å². The van der Waals surface area contributed by atoms with E-state index in [9.17, 15) is 13.2 Å². The molecule has 2 aromatic heterocycles. The molecule has 156 valence electrons. The zero-order chi connectivity index (χ0) is 20.6. The number of alkyl halides is 3. The molecule has 0 aliphatic rings. The van der Waals surface area contributed by atoms with Crippen LogP contribution in [0.1, 0.15) is 0 Å². The third-order valence-electron chi connectivity index (χ3n) is 2.73. The van der Waals surface area contributed by atoms with Crippen LogP contribution >= 0.6 is 0 Å². The van der Waals surface area contributed by atoms with Crippen LogP contribution in [0.25, 0.3) is 0 Å². The fourth-order valence-corrected chi connectivity index (χ4v) is 1.59. The smallest absolute Gasteiger partial charge is 0.741 e. The Hall–Kier alpha value is -2.52. The van der Waals surface area contributed by atoms with Crippen LogP contribution in [-0.4, -0.2) is 28.4 Å². The van der Waals surface area contributed by atoms with Gasteiger partial charge in [0.15, 0.2) is 10.1 Å². The third-order valence-corrected chi connectivity index (χ3v) is 3.30. The summed E-state index contributed by atoms with van der Waals surface area (Å²) in [6.45, 7) is 0. The van der Waals surface area contributed by atoms with Crippen molar-refractivity contribution >= 4 is 10.1 Å². The molecule has 0 N–H and O–H groups in total. The first kappa shape index (κ1) is 24.5. The van der Waals surface area contributed by atoms with Crippen LogP contribution in [0.5, 0.6) is 23.3 Å². The maximum absolute atomic E-state index is 10.7. The average Bonchev–Trinajstić information content (AvgIpc) is 2.63. The van der Waals surface area contributed by atoms with Gasteiger partial charge in [0.1, 0.15) is 0 Å². The Morgan fingerprint density at radius 2 is 1.24 bits per heavy atom. The summed E-state index contributed by atoms with van der Waals surface area (Å²) < 4.78 is 70.1. The van der Waals surface area contributed by atoms with Gasteiger partial charge in [-0.2, -0.15) is 19.2 Å². The van der Waals surface area contributed by atoms with Gasteiger partial charge in [0.2, 0.25) is 11.8 Å². The number of aromatic nitrogens is 2. The van der Waals surface area contributed by atoms with E-state index in [0.717, 1.165) is 0 Å². The molecule has 12 heteroatoms. The van der Waals surface area contributed by atoms with Gasteiger partial charge in [-0.05, 0) is 12.1 Å². The van der Waals surface area contributed by atoms with Crippen LogP contribution in [0.4, 0.5) is 13.2 Å². The van der Waals surface area contributed by atoms with Crippen molar-refractivity contribution in [2.75, 3.05) is 0 Å². The summed E-state index contributed by atoms with van der Waals surface area (Å²) in [5.74, 6) is 2.10. The van der Waals surface area contributed by atoms with Crippen molar-refractivity contribution in [2.24, 2.45) is 0 Å². The van der Waals surface area contributed by atoms with Gasteiger partial charge in [0, 0.05) is 36.0 Å². The second-order valence-corrected chi connectivity index (χ2v) is 6.19. The largest absolute Gasteiger partial charge is 2.00 e. The minimum absolute atomic E-state index is 0. The molecule has 0 saturated carbocycles. The Bertz CT molecular complexity index is 934. The predicted octanol–water partition coefficient (Wildman–Crippen LogP) is 3.91. The molecule has 3 aromatic rings. The summed E-state index contributed by atoms with van der Waals surface area (Å²) in [6, 6.07) is 19.4. The Kier molecular flexibility index (Phi) is 9.19. The van der Waals surface area contributed by atoms with E-state index in [-0.39, 0.29) is 20.4 Å². The number of benzene rings is 1. The van der Waals surface area contributed by atoms with Crippen LogP contribution in [-0.2, 0) is 30.5 Å². The molecular weight excluding hydrogens is 508 g/mol. The van der Waals surface area contributed by atoms with E-state index < -0.39 is 15.6 Å². The third kappa shape index (κ3) is 8.57. The summed E-state index contributed by atoms with van der Waals surface area (Å²) in [7, 11) is -6.09. The second kappa shape index (κ2) is 10.9. The van der Waals surface area contributed by atoms with Crippen LogP contribution in [0.3, 0.4) is 0 Å². The van der Waals surface area contributed by atoms with Crippen LogP contribution in [0.2, 0.25) is 0 Å². The molecule has 29 heavy (non-hydrogen) atoms. The number of halogens is 3. The van der Waals surface area contributed by atoms with Crippen LogP contribution in [0, 0.1) is 6.07 Å². The summed E-state index contributed by atoms with van der Waals surface area (Å²) in [5.41, 5.74) is -5.65. The van der Waals surface area contributed by atoms with Crippen molar-refractivity contribution in [1.82, 2.24) is 9.97 Å². The molecule has 1 aromatic carbocycles. The molecule has 0 spiro atoms.